The van der Waals surface area contributed by atoms with Gasteiger partial charge in [0.25, 0.3) is 6.20 Å². The summed E-state index contributed by atoms with van der Waals surface area (Å²) >= 11 is 1.69. The van der Waals surface area contributed by atoms with E-state index in [2.05, 4.69) is 10.6 Å². The van der Waals surface area contributed by atoms with Crippen LogP contribution in [0.15, 0.2) is 28.6 Å². The summed E-state index contributed by atoms with van der Waals surface area (Å²) in [4.78, 5) is 12.1. The summed E-state index contributed by atoms with van der Waals surface area (Å²) in [5, 5.41) is 25.2. The molecule has 0 saturated heterocycles. The minimum Gasteiger partial charge on any atom is -0.464 e. The van der Waals surface area contributed by atoms with Crippen LogP contribution in [0.1, 0.15) is 17.9 Å². The molecule has 0 atom stereocenters. The maximum atomic E-state index is 10.6. The Kier molecular flexibility index (Phi) is 9.97. The lowest BCUT2D eigenvalue weighted by Crippen LogP contribution is -2.30. The summed E-state index contributed by atoms with van der Waals surface area (Å²) in [6.45, 7) is 1.91. The van der Waals surface area contributed by atoms with Crippen molar-refractivity contribution in [2.45, 2.75) is 18.7 Å². The largest absolute Gasteiger partial charge is 0.464 e. The predicted octanol–water partition coefficient (Wildman–Crippen LogP) is 1.21. The van der Waals surface area contributed by atoms with Gasteiger partial charge in [-0.25, -0.2) is 0 Å². The Balaban J connectivity index is 2.25. The third kappa shape index (κ3) is 9.43. The Morgan fingerprint density at radius 1 is 1.38 bits per heavy atom. The van der Waals surface area contributed by atoms with E-state index in [0.29, 0.717) is 25.3 Å². The first-order valence-electron chi connectivity index (χ1n) is 7.75. The van der Waals surface area contributed by atoms with E-state index in [1.807, 2.05) is 31.1 Å². The quantitative estimate of drug-likeness (QED) is 0.275. The molecule has 0 fully saturated rings. The molecule has 1 rings (SSSR count). The minimum absolute atomic E-state index is 0.0492. The average Bonchev–Trinajstić information content (AvgIpc) is 2.93. The third-order valence-corrected chi connectivity index (χ3v) is 3.86. The van der Waals surface area contributed by atoms with Gasteiger partial charge in [-0.3, -0.25) is 10.1 Å². The maximum Gasteiger partial charge on any atom is 0.274 e. The van der Waals surface area contributed by atoms with E-state index < -0.39 is 4.92 Å². The molecule has 0 bridgehead atoms. The van der Waals surface area contributed by atoms with Crippen LogP contribution < -0.4 is 10.6 Å². The highest BCUT2D eigenvalue weighted by atomic mass is 32.2. The molecule has 1 aromatic heterocycles. The van der Waals surface area contributed by atoms with E-state index >= 15 is 0 Å². The second-order valence-electron chi connectivity index (χ2n) is 5.42. The highest BCUT2D eigenvalue weighted by molar-refractivity contribution is 7.98. The smallest absolute Gasteiger partial charge is 0.274 e. The normalized spacial score (nSPS) is 11.8. The topological polar surface area (TPSA) is 104 Å². The van der Waals surface area contributed by atoms with Gasteiger partial charge in [0.15, 0.2) is 5.82 Å². The van der Waals surface area contributed by atoms with Gasteiger partial charge in [-0.2, -0.15) is 11.8 Å². The molecule has 0 radical (unpaired) electrons. The number of nitrogens with zero attached hydrogens (tertiary/aromatic N) is 2. The number of aliphatic hydroxyl groups is 1. The summed E-state index contributed by atoms with van der Waals surface area (Å²) < 4.78 is 5.72. The molecule has 0 saturated carbocycles. The van der Waals surface area contributed by atoms with E-state index in [4.69, 9.17) is 9.52 Å². The standard InChI is InChI=1S/C15H26N4O4S/c1-18(2)10-13-4-5-14(23-13)12-24-9-7-17-15(11-19(21)22)16-6-3-8-20/h4-5,11,16-17,20H,3,6-10,12H2,1-2H3. The van der Waals surface area contributed by atoms with Crippen molar-refractivity contribution >= 4 is 11.8 Å². The minimum atomic E-state index is -0.503. The van der Waals surface area contributed by atoms with E-state index in [9.17, 15) is 10.1 Å². The van der Waals surface area contributed by atoms with Crippen LogP contribution in [0.25, 0.3) is 0 Å². The molecule has 0 unspecified atom stereocenters. The van der Waals surface area contributed by atoms with Gasteiger partial charge in [-0.05, 0) is 32.6 Å². The molecule has 8 nitrogen and oxygen atoms in total. The molecule has 0 aromatic carbocycles. The molecule has 0 spiro atoms. The van der Waals surface area contributed by atoms with Crippen LogP contribution in [0.4, 0.5) is 0 Å². The van der Waals surface area contributed by atoms with Crippen molar-refractivity contribution < 1.29 is 14.4 Å². The fourth-order valence-corrected chi connectivity index (χ4v) is 2.64. The van der Waals surface area contributed by atoms with Gasteiger partial charge in [-0.1, -0.05) is 0 Å². The number of rotatable bonds is 13. The molecular formula is C15H26N4O4S. The molecule has 0 aliphatic carbocycles. The molecule has 24 heavy (non-hydrogen) atoms. The molecule has 9 heteroatoms. The van der Waals surface area contributed by atoms with Crippen LogP contribution in [0.2, 0.25) is 0 Å². The highest BCUT2D eigenvalue weighted by Gasteiger charge is 2.04. The summed E-state index contributed by atoms with van der Waals surface area (Å²) in [6.07, 6.45) is 1.45. The molecule has 3 N–H and O–H groups in total. The Bertz CT molecular complexity index is 519. The van der Waals surface area contributed by atoms with Crippen LogP contribution >= 0.6 is 11.8 Å². The van der Waals surface area contributed by atoms with Crippen molar-refractivity contribution in [1.82, 2.24) is 15.5 Å². The average molecular weight is 358 g/mol. The first-order valence-corrected chi connectivity index (χ1v) is 8.90. The van der Waals surface area contributed by atoms with Crippen LogP contribution in [0, 0.1) is 10.1 Å². The first kappa shape index (κ1) is 20.3. The van der Waals surface area contributed by atoms with Crippen molar-refractivity contribution in [2.24, 2.45) is 0 Å². The van der Waals surface area contributed by atoms with E-state index in [0.717, 1.165) is 35.8 Å². The van der Waals surface area contributed by atoms with Gasteiger partial charge in [-0.15, -0.1) is 0 Å². The fourth-order valence-electron chi connectivity index (χ4n) is 1.89. The summed E-state index contributed by atoms with van der Waals surface area (Å²) in [6, 6.07) is 3.96. The van der Waals surface area contributed by atoms with Gasteiger partial charge in [0.05, 0.1) is 17.2 Å². The Hall–Kier alpha value is -1.71. The van der Waals surface area contributed by atoms with Crippen molar-refractivity contribution in [3.05, 3.63) is 45.8 Å². The van der Waals surface area contributed by atoms with Gasteiger partial charge in [0, 0.05) is 25.4 Å². The number of aliphatic hydroxyl groups excluding tert-OH is 1. The molecule has 0 aliphatic heterocycles. The molecular weight excluding hydrogens is 332 g/mol. The zero-order chi connectivity index (χ0) is 17.8. The number of hydrogen-bond acceptors (Lipinski definition) is 8. The summed E-state index contributed by atoms with van der Waals surface area (Å²) in [7, 11) is 3.99. The first-order chi connectivity index (χ1) is 11.5. The molecule has 1 aromatic rings. The Labute approximate surface area is 146 Å². The number of nitrogens with one attached hydrogen (secondary N) is 2. The van der Waals surface area contributed by atoms with Crippen LogP contribution in [-0.2, 0) is 12.3 Å². The summed E-state index contributed by atoms with van der Waals surface area (Å²) in [5.41, 5.74) is 0. The molecule has 136 valence electrons. The second kappa shape index (κ2) is 11.8. The zero-order valence-electron chi connectivity index (χ0n) is 14.2. The monoisotopic (exact) mass is 358 g/mol. The van der Waals surface area contributed by atoms with Crippen LogP contribution in [0.3, 0.4) is 0 Å². The van der Waals surface area contributed by atoms with Crippen molar-refractivity contribution in [3.8, 4) is 0 Å². The van der Waals surface area contributed by atoms with Gasteiger partial charge < -0.3 is 25.1 Å². The van der Waals surface area contributed by atoms with E-state index in [1.165, 1.54) is 0 Å². The number of hydrogen-bond donors (Lipinski definition) is 3. The van der Waals surface area contributed by atoms with Gasteiger partial charge in [0.2, 0.25) is 0 Å². The molecule has 1 heterocycles. The zero-order valence-corrected chi connectivity index (χ0v) is 15.0. The molecule has 0 amide bonds. The van der Waals surface area contributed by atoms with E-state index in [-0.39, 0.29) is 6.61 Å². The summed E-state index contributed by atoms with van der Waals surface area (Å²) in [5.74, 6) is 3.79. The Morgan fingerprint density at radius 3 is 2.75 bits per heavy atom. The van der Waals surface area contributed by atoms with Crippen LogP contribution in [0.5, 0.6) is 0 Å². The van der Waals surface area contributed by atoms with Crippen molar-refractivity contribution in [3.63, 3.8) is 0 Å². The Morgan fingerprint density at radius 2 is 2.08 bits per heavy atom. The fraction of sp³-hybridized carbons (Fsp3) is 0.600. The lowest BCUT2D eigenvalue weighted by molar-refractivity contribution is -0.404. The van der Waals surface area contributed by atoms with Crippen molar-refractivity contribution in [1.29, 1.82) is 0 Å². The van der Waals surface area contributed by atoms with Gasteiger partial charge in [0.1, 0.15) is 11.5 Å². The maximum absolute atomic E-state index is 10.6. The number of furan rings is 1. The highest BCUT2D eigenvalue weighted by Crippen LogP contribution is 2.15. The molecule has 0 aliphatic rings. The number of thioether (sulfide) groups is 1. The van der Waals surface area contributed by atoms with Crippen LogP contribution in [-0.4, -0.2) is 54.5 Å². The predicted molar refractivity (Wildman–Crippen MR) is 95.0 cm³/mol. The number of nitro groups is 1. The third-order valence-electron chi connectivity index (χ3n) is 2.88. The SMILES string of the molecule is CN(C)Cc1ccc(CSCCNC(=C[N+](=O)[O-])NCCCO)o1. The lowest BCUT2D eigenvalue weighted by atomic mass is 10.4. The van der Waals surface area contributed by atoms with Crippen molar-refractivity contribution in [2.75, 3.05) is 39.5 Å². The second-order valence-corrected chi connectivity index (χ2v) is 6.52. The van der Waals surface area contributed by atoms with Gasteiger partial charge >= 0.3 is 0 Å². The van der Waals surface area contributed by atoms with E-state index in [1.54, 1.807) is 11.8 Å². The lowest BCUT2D eigenvalue weighted by Gasteiger charge is -2.10.